The lowest BCUT2D eigenvalue weighted by molar-refractivity contribution is -0.105. The molecule has 0 bridgehead atoms. The van der Waals surface area contributed by atoms with Crippen LogP contribution in [0, 0.1) is 5.41 Å². The van der Waals surface area contributed by atoms with Crippen molar-refractivity contribution in [1.29, 1.82) is 0 Å². The second-order valence-corrected chi connectivity index (χ2v) is 7.81. The monoisotopic (exact) mass is 271 g/mol. The van der Waals surface area contributed by atoms with Gasteiger partial charge in [0, 0.05) is 12.6 Å². The van der Waals surface area contributed by atoms with Crippen LogP contribution in [0.3, 0.4) is 0 Å². The molecule has 2 nitrogen and oxygen atoms in total. The molecule has 0 amide bonds. The summed E-state index contributed by atoms with van der Waals surface area (Å²) in [5.74, 6) is 2.55. The van der Waals surface area contributed by atoms with Crippen molar-refractivity contribution in [3.05, 3.63) is 0 Å². The fourth-order valence-corrected chi connectivity index (χ4v) is 4.24. The third kappa shape index (κ3) is 3.43. The Morgan fingerprint density at radius 1 is 1.33 bits per heavy atom. The largest absolute Gasteiger partial charge is 0.372 e. The van der Waals surface area contributed by atoms with Crippen LogP contribution in [0.5, 0.6) is 0 Å². The Kier molecular flexibility index (Phi) is 5.01. The van der Waals surface area contributed by atoms with E-state index < -0.39 is 0 Å². The minimum Gasteiger partial charge on any atom is -0.372 e. The van der Waals surface area contributed by atoms with Crippen LogP contribution in [0.4, 0.5) is 0 Å². The summed E-state index contributed by atoms with van der Waals surface area (Å²) in [7, 11) is 0. The molecule has 0 aromatic rings. The zero-order valence-corrected chi connectivity index (χ0v) is 13.1. The standard InChI is InChI=1S/C15H29NOS/c1-4-14(2,3)6-5-13-15(17-10-9-16-13)7-11-18-12-8-15/h13,16H,4-12H2,1-3H3. The molecule has 0 aromatic carbocycles. The Bertz CT molecular complexity index is 253. The summed E-state index contributed by atoms with van der Waals surface area (Å²) in [5.41, 5.74) is 0.636. The van der Waals surface area contributed by atoms with Crippen LogP contribution < -0.4 is 5.32 Å². The molecule has 2 saturated heterocycles. The van der Waals surface area contributed by atoms with E-state index in [0.29, 0.717) is 11.5 Å². The summed E-state index contributed by atoms with van der Waals surface area (Å²) in [4.78, 5) is 0. The lowest BCUT2D eigenvalue weighted by atomic mass is 9.78. The van der Waals surface area contributed by atoms with Crippen molar-refractivity contribution >= 4 is 11.8 Å². The van der Waals surface area contributed by atoms with E-state index in [-0.39, 0.29) is 5.60 Å². The van der Waals surface area contributed by atoms with Gasteiger partial charge in [0.15, 0.2) is 0 Å². The van der Waals surface area contributed by atoms with Gasteiger partial charge in [-0.25, -0.2) is 0 Å². The van der Waals surface area contributed by atoms with E-state index in [2.05, 4.69) is 37.8 Å². The molecular formula is C15H29NOS. The van der Waals surface area contributed by atoms with Crippen molar-refractivity contribution in [1.82, 2.24) is 5.32 Å². The average molecular weight is 271 g/mol. The van der Waals surface area contributed by atoms with Gasteiger partial charge in [-0.3, -0.25) is 0 Å². The number of rotatable bonds is 4. The van der Waals surface area contributed by atoms with E-state index in [1.807, 2.05) is 0 Å². The summed E-state index contributed by atoms with van der Waals surface area (Å²) in [6, 6.07) is 0.581. The molecule has 106 valence electrons. The summed E-state index contributed by atoms with van der Waals surface area (Å²) in [6.07, 6.45) is 6.32. The number of nitrogens with one attached hydrogen (secondary N) is 1. The molecule has 3 heteroatoms. The van der Waals surface area contributed by atoms with Gasteiger partial charge in [0.05, 0.1) is 12.2 Å². The summed E-state index contributed by atoms with van der Waals surface area (Å²) < 4.78 is 6.24. The van der Waals surface area contributed by atoms with Crippen molar-refractivity contribution in [2.45, 2.75) is 64.5 Å². The first kappa shape index (κ1) is 14.7. The maximum atomic E-state index is 6.24. The molecule has 18 heavy (non-hydrogen) atoms. The molecule has 0 saturated carbocycles. The molecular weight excluding hydrogens is 242 g/mol. The molecule has 2 aliphatic rings. The Hall–Kier alpha value is 0.270. The molecule has 1 atom stereocenters. The van der Waals surface area contributed by atoms with Gasteiger partial charge < -0.3 is 10.1 Å². The van der Waals surface area contributed by atoms with E-state index >= 15 is 0 Å². The van der Waals surface area contributed by atoms with Gasteiger partial charge >= 0.3 is 0 Å². The maximum absolute atomic E-state index is 6.24. The van der Waals surface area contributed by atoms with E-state index in [0.717, 1.165) is 13.2 Å². The number of thioether (sulfide) groups is 1. The summed E-state index contributed by atoms with van der Waals surface area (Å²) in [5, 5.41) is 3.74. The zero-order valence-electron chi connectivity index (χ0n) is 12.3. The van der Waals surface area contributed by atoms with Crippen LogP contribution in [0.15, 0.2) is 0 Å². The molecule has 1 unspecified atom stereocenters. The first-order valence-electron chi connectivity index (χ1n) is 7.53. The molecule has 1 N–H and O–H groups in total. The van der Waals surface area contributed by atoms with E-state index in [1.165, 1.54) is 43.6 Å². The highest BCUT2D eigenvalue weighted by Gasteiger charge is 2.43. The van der Waals surface area contributed by atoms with Gasteiger partial charge in [-0.15, -0.1) is 0 Å². The van der Waals surface area contributed by atoms with Gasteiger partial charge in [-0.05, 0) is 42.6 Å². The molecule has 0 aromatic heterocycles. The van der Waals surface area contributed by atoms with Crippen molar-refractivity contribution in [3.63, 3.8) is 0 Å². The average Bonchev–Trinajstić information content (AvgIpc) is 2.39. The SMILES string of the molecule is CCC(C)(C)CCC1NCCOC12CCSCC2. The molecule has 2 heterocycles. The van der Waals surface area contributed by atoms with Crippen LogP contribution in [-0.2, 0) is 4.74 Å². The predicted molar refractivity (Wildman–Crippen MR) is 80.3 cm³/mol. The second kappa shape index (κ2) is 6.15. The fraction of sp³-hybridized carbons (Fsp3) is 1.00. The van der Waals surface area contributed by atoms with Crippen LogP contribution in [0.1, 0.15) is 52.9 Å². The minimum absolute atomic E-state index is 0.160. The zero-order chi connectivity index (χ0) is 13.1. The van der Waals surface area contributed by atoms with Gasteiger partial charge in [-0.1, -0.05) is 27.2 Å². The molecule has 2 aliphatic heterocycles. The van der Waals surface area contributed by atoms with Crippen LogP contribution in [-0.4, -0.2) is 36.3 Å². The van der Waals surface area contributed by atoms with Gasteiger partial charge in [-0.2, -0.15) is 11.8 Å². The van der Waals surface area contributed by atoms with E-state index in [9.17, 15) is 0 Å². The summed E-state index contributed by atoms with van der Waals surface area (Å²) in [6.45, 7) is 9.02. The normalized spacial score (nSPS) is 28.5. The molecule has 1 spiro atoms. The Balaban J connectivity index is 1.95. The topological polar surface area (TPSA) is 21.3 Å². The minimum atomic E-state index is 0.160. The van der Waals surface area contributed by atoms with E-state index in [1.54, 1.807) is 0 Å². The first-order chi connectivity index (χ1) is 8.58. The van der Waals surface area contributed by atoms with Crippen LogP contribution in [0.2, 0.25) is 0 Å². The smallest absolute Gasteiger partial charge is 0.0851 e. The van der Waals surface area contributed by atoms with Gasteiger partial charge in [0.2, 0.25) is 0 Å². The van der Waals surface area contributed by atoms with Crippen molar-refractivity contribution in [2.75, 3.05) is 24.7 Å². The quantitative estimate of drug-likeness (QED) is 0.846. The number of hydrogen-bond donors (Lipinski definition) is 1. The van der Waals surface area contributed by atoms with Crippen molar-refractivity contribution in [3.8, 4) is 0 Å². The first-order valence-corrected chi connectivity index (χ1v) is 8.69. The van der Waals surface area contributed by atoms with Crippen LogP contribution >= 0.6 is 11.8 Å². The molecule has 2 fully saturated rings. The van der Waals surface area contributed by atoms with Crippen LogP contribution in [0.25, 0.3) is 0 Å². The van der Waals surface area contributed by atoms with Gasteiger partial charge in [0.25, 0.3) is 0 Å². The Morgan fingerprint density at radius 2 is 2.06 bits per heavy atom. The highest BCUT2D eigenvalue weighted by atomic mass is 32.2. The predicted octanol–water partition coefficient (Wildman–Crippen LogP) is 3.46. The Morgan fingerprint density at radius 3 is 2.72 bits per heavy atom. The maximum Gasteiger partial charge on any atom is 0.0851 e. The third-order valence-electron chi connectivity index (χ3n) is 4.92. The number of hydrogen-bond acceptors (Lipinski definition) is 3. The molecule has 0 aliphatic carbocycles. The van der Waals surface area contributed by atoms with E-state index in [4.69, 9.17) is 4.74 Å². The Labute approximate surface area is 117 Å². The lowest BCUT2D eigenvalue weighted by Gasteiger charge is -2.47. The molecule has 0 radical (unpaired) electrons. The third-order valence-corrected chi connectivity index (χ3v) is 5.91. The lowest BCUT2D eigenvalue weighted by Crippen LogP contribution is -2.59. The second-order valence-electron chi connectivity index (χ2n) is 6.59. The molecule has 2 rings (SSSR count). The van der Waals surface area contributed by atoms with Gasteiger partial charge in [0.1, 0.15) is 0 Å². The van der Waals surface area contributed by atoms with Crippen molar-refractivity contribution < 1.29 is 4.74 Å². The fourth-order valence-electron chi connectivity index (χ4n) is 3.06. The highest BCUT2D eigenvalue weighted by Crippen LogP contribution is 2.38. The highest BCUT2D eigenvalue weighted by molar-refractivity contribution is 7.99. The number of morpholine rings is 1. The summed E-state index contributed by atoms with van der Waals surface area (Å²) >= 11 is 2.08. The van der Waals surface area contributed by atoms with Crippen molar-refractivity contribution in [2.24, 2.45) is 5.41 Å². The number of ether oxygens (including phenoxy) is 1.